The van der Waals surface area contributed by atoms with Crippen LogP contribution in [0.15, 0.2) is 24.3 Å². The minimum Gasteiger partial charge on any atom is -0.371 e. The van der Waals surface area contributed by atoms with E-state index in [1.807, 2.05) is 7.05 Å². The first-order chi connectivity index (χ1) is 10.1. The lowest BCUT2D eigenvalue weighted by Crippen LogP contribution is -2.42. The molecule has 0 fully saturated rings. The molecule has 2 atom stereocenters. The zero-order chi connectivity index (χ0) is 15.3. The van der Waals surface area contributed by atoms with E-state index in [4.69, 9.17) is 0 Å². The van der Waals surface area contributed by atoms with E-state index in [1.54, 1.807) is 0 Å². The van der Waals surface area contributed by atoms with E-state index in [1.165, 1.54) is 17.7 Å². The van der Waals surface area contributed by atoms with Crippen molar-refractivity contribution in [3.05, 3.63) is 29.8 Å². The molecule has 0 bridgehead atoms. The molecule has 1 aliphatic rings. The maximum absolute atomic E-state index is 9.39. The Hall–Kier alpha value is -1.53. The van der Waals surface area contributed by atoms with Crippen molar-refractivity contribution < 1.29 is 0 Å². The van der Waals surface area contributed by atoms with Gasteiger partial charge >= 0.3 is 0 Å². The molecule has 1 aliphatic heterocycles. The third-order valence-electron chi connectivity index (χ3n) is 4.76. The molecular formula is C18H27N3. The van der Waals surface area contributed by atoms with Gasteiger partial charge in [0.1, 0.15) is 5.54 Å². The normalized spacial score (nSPS) is 20.5. The molecule has 1 heterocycles. The summed E-state index contributed by atoms with van der Waals surface area (Å²) in [5.74, 6) is 0.705. The molecule has 0 spiro atoms. The first-order valence-corrected chi connectivity index (χ1v) is 8.07. The lowest BCUT2D eigenvalue weighted by Gasteiger charge is -2.35. The highest BCUT2D eigenvalue weighted by Crippen LogP contribution is 2.30. The third-order valence-corrected chi connectivity index (χ3v) is 4.76. The SMILES string of the molecule is CCC(C#N)(CCCN1CC(C)Cc2ccccc21)NC. The van der Waals surface area contributed by atoms with Crippen molar-refractivity contribution in [2.75, 3.05) is 25.0 Å². The average Bonchev–Trinajstić information content (AvgIpc) is 2.52. The van der Waals surface area contributed by atoms with Gasteiger partial charge in [0, 0.05) is 18.8 Å². The third kappa shape index (κ3) is 3.57. The number of para-hydroxylation sites is 1. The number of nitrogens with one attached hydrogen (secondary N) is 1. The molecular weight excluding hydrogens is 258 g/mol. The van der Waals surface area contributed by atoms with Crippen molar-refractivity contribution in [1.29, 1.82) is 5.26 Å². The van der Waals surface area contributed by atoms with Gasteiger partial charge in [-0.2, -0.15) is 5.26 Å². The monoisotopic (exact) mass is 285 g/mol. The fourth-order valence-electron chi connectivity index (χ4n) is 3.36. The minimum absolute atomic E-state index is 0.360. The number of anilines is 1. The van der Waals surface area contributed by atoms with Crippen molar-refractivity contribution in [3.63, 3.8) is 0 Å². The molecule has 3 heteroatoms. The summed E-state index contributed by atoms with van der Waals surface area (Å²) in [7, 11) is 1.89. The zero-order valence-electron chi connectivity index (χ0n) is 13.5. The molecule has 21 heavy (non-hydrogen) atoms. The summed E-state index contributed by atoms with van der Waals surface area (Å²) in [5, 5.41) is 12.6. The van der Waals surface area contributed by atoms with E-state index in [9.17, 15) is 5.26 Å². The van der Waals surface area contributed by atoms with Gasteiger partial charge in [-0.15, -0.1) is 0 Å². The molecule has 0 saturated heterocycles. The van der Waals surface area contributed by atoms with Crippen LogP contribution in [0.1, 0.15) is 38.7 Å². The molecule has 114 valence electrons. The number of rotatable bonds is 6. The lowest BCUT2D eigenvalue weighted by atomic mass is 9.91. The Morgan fingerprint density at radius 3 is 2.86 bits per heavy atom. The Morgan fingerprint density at radius 2 is 2.19 bits per heavy atom. The number of benzene rings is 1. The fraction of sp³-hybridized carbons (Fsp3) is 0.611. The van der Waals surface area contributed by atoms with Crippen molar-refractivity contribution in [2.45, 2.75) is 45.1 Å². The van der Waals surface area contributed by atoms with Gasteiger partial charge in [-0.25, -0.2) is 0 Å². The van der Waals surface area contributed by atoms with E-state index in [0.29, 0.717) is 5.92 Å². The smallest absolute Gasteiger partial charge is 0.106 e. The molecule has 1 aromatic carbocycles. The van der Waals surface area contributed by atoms with E-state index < -0.39 is 0 Å². The van der Waals surface area contributed by atoms with Crippen LogP contribution >= 0.6 is 0 Å². The van der Waals surface area contributed by atoms with Gasteiger partial charge < -0.3 is 10.2 Å². The van der Waals surface area contributed by atoms with Gasteiger partial charge in [-0.3, -0.25) is 0 Å². The molecule has 2 rings (SSSR count). The Labute approximate surface area is 129 Å². The Kier molecular flexibility index (Phi) is 5.25. The summed E-state index contributed by atoms with van der Waals surface area (Å²) in [6.45, 7) is 6.56. The second-order valence-corrected chi connectivity index (χ2v) is 6.29. The molecule has 1 N–H and O–H groups in total. The topological polar surface area (TPSA) is 39.1 Å². The number of nitriles is 1. The van der Waals surface area contributed by atoms with Gasteiger partial charge in [0.2, 0.25) is 0 Å². The maximum Gasteiger partial charge on any atom is 0.106 e. The Balaban J connectivity index is 2.00. The summed E-state index contributed by atoms with van der Waals surface area (Å²) in [5.41, 5.74) is 2.49. The molecule has 3 nitrogen and oxygen atoms in total. The summed E-state index contributed by atoms with van der Waals surface area (Å²) >= 11 is 0. The van der Waals surface area contributed by atoms with Crippen LogP contribution in [0.5, 0.6) is 0 Å². The van der Waals surface area contributed by atoms with Crippen LogP contribution in [0.4, 0.5) is 5.69 Å². The van der Waals surface area contributed by atoms with Crippen LogP contribution in [0.2, 0.25) is 0 Å². The quantitative estimate of drug-likeness (QED) is 0.871. The number of fused-ring (bicyclic) bond motifs is 1. The Morgan fingerprint density at radius 1 is 1.43 bits per heavy atom. The van der Waals surface area contributed by atoms with Crippen molar-refractivity contribution in [1.82, 2.24) is 5.32 Å². The highest BCUT2D eigenvalue weighted by atomic mass is 15.1. The minimum atomic E-state index is -0.360. The molecule has 1 aromatic rings. The zero-order valence-corrected chi connectivity index (χ0v) is 13.5. The summed E-state index contributed by atoms with van der Waals surface area (Å²) < 4.78 is 0. The number of hydrogen-bond donors (Lipinski definition) is 1. The summed E-state index contributed by atoms with van der Waals surface area (Å²) in [4.78, 5) is 2.50. The first-order valence-electron chi connectivity index (χ1n) is 8.07. The average molecular weight is 285 g/mol. The van der Waals surface area contributed by atoms with Crippen LogP contribution < -0.4 is 10.2 Å². The standard InChI is InChI=1S/C18H27N3/c1-4-18(14-19,20-3)10-7-11-21-13-15(2)12-16-8-5-6-9-17(16)21/h5-6,8-9,15,20H,4,7,10-13H2,1-3H3. The summed E-state index contributed by atoms with van der Waals surface area (Å²) in [6, 6.07) is 11.2. The fourth-order valence-corrected chi connectivity index (χ4v) is 3.36. The van der Waals surface area contributed by atoms with Crippen molar-refractivity contribution in [2.24, 2.45) is 5.92 Å². The van der Waals surface area contributed by atoms with Gasteiger partial charge in [0.25, 0.3) is 0 Å². The van der Waals surface area contributed by atoms with E-state index in [2.05, 4.69) is 54.4 Å². The van der Waals surface area contributed by atoms with Gasteiger partial charge in [0.15, 0.2) is 0 Å². The number of hydrogen-bond acceptors (Lipinski definition) is 3. The van der Waals surface area contributed by atoms with Crippen LogP contribution in [-0.2, 0) is 6.42 Å². The molecule has 0 radical (unpaired) electrons. The molecule has 0 amide bonds. The highest BCUT2D eigenvalue weighted by molar-refractivity contribution is 5.55. The van der Waals surface area contributed by atoms with Crippen LogP contribution in [0.25, 0.3) is 0 Å². The number of nitrogens with zero attached hydrogens (tertiary/aromatic N) is 2. The molecule has 2 unspecified atom stereocenters. The molecule has 0 aliphatic carbocycles. The van der Waals surface area contributed by atoms with Crippen LogP contribution in [0.3, 0.4) is 0 Å². The van der Waals surface area contributed by atoms with E-state index in [-0.39, 0.29) is 5.54 Å². The Bertz CT molecular complexity index is 499. The van der Waals surface area contributed by atoms with Gasteiger partial charge in [-0.05, 0) is 50.3 Å². The maximum atomic E-state index is 9.39. The second kappa shape index (κ2) is 6.95. The predicted molar refractivity (Wildman–Crippen MR) is 88.5 cm³/mol. The van der Waals surface area contributed by atoms with E-state index in [0.717, 1.165) is 32.4 Å². The molecule has 0 aromatic heterocycles. The van der Waals surface area contributed by atoms with E-state index >= 15 is 0 Å². The van der Waals surface area contributed by atoms with Gasteiger partial charge in [-0.1, -0.05) is 32.0 Å². The van der Waals surface area contributed by atoms with Crippen LogP contribution in [-0.4, -0.2) is 25.7 Å². The highest BCUT2D eigenvalue weighted by Gasteiger charge is 2.26. The first kappa shape index (κ1) is 15.9. The van der Waals surface area contributed by atoms with Crippen LogP contribution in [0, 0.1) is 17.2 Å². The second-order valence-electron chi connectivity index (χ2n) is 6.29. The van der Waals surface area contributed by atoms with Crippen molar-refractivity contribution >= 4 is 5.69 Å². The predicted octanol–water partition coefficient (Wildman–Crippen LogP) is 3.36. The molecule has 0 saturated carbocycles. The largest absolute Gasteiger partial charge is 0.371 e. The summed E-state index contributed by atoms with van der Waals surface area (Å²) in [6.07, 6.45) is 3.99. The van der Waals surface area contributed by atoms with Gasteiger partial charge in [0.05, 0.1) is 6.07 Å². The van der Waals surface area contributed by atoms with Crippen molar-refractivity contribution in [3.8, 4) is 6.07 Å². The lowest BCUT2D eigenvalue weighted by molar-refractivity contribution is 0.389.